The Balaban J connectivity index is 1.96. The zero-order valence-corrected chi connectivity index (χ0v) is 11.7. The number of hydrogen-bond acceptors (Lipinski definition) is 4. The molecule has 1 aromatic rings. The minimum Gasteiger partial charge on any atom is -0.352 e. The topological polar surface area (TPSA) is 70.4 Å². The second kappa shape index (κ2) is 6.67. The van der Waals surface area contributed by atoms with Crippen LogP contribution in [0, 0.1) is 11.7 Å². The Labute approximate surface area is 118 Å². The summed E-state index contributed by atoms with van der Waals surface area (Å²) in [5.74, 6) is 4.88. The number of rotatable bonds is 4. The van der Waals surface area contributed by atoms with Crippen molar-refractivity contribution in [2.24, 2.45) is 11.8 Å². The average Bonchev–Trinajstić information content (AvgIpc) is 2.44. The molecule has 1 aliphatic heterocycles. The number of nitrogens with two attached hydrogens (primary N) is 1. The van der Waals surface area contributed by atoms with Gasteiger partial charge in [-0.25, -0.2) is 4.39 Å². The van der Waals surface area contributed by atoms with Gasteiger partial charge in [-0.3, -0.25) is 10.6 Å². The van der Waals surface area contributed by atoms with Gasteiger partial charge in [0.2, 0.25) is 0 Å². The van der Waals surface area contributed by atoms with E-state index < -0.39 is 5.82 Å². The number of para-hydroxylation sites is 1. The molecule has 6 heteroatoms. The number of benzene rings is 1. The van der Waals surface area contributed by atoms with Crippen molar-refractivity contribution < 1.29 is 9.18 Å². The Bertz CT molecular complexity index is 480. The quantitative estimate of drug-likeness (QED) is 0.572. The summed E-state index contributed by atoms with van der Waals surface area (Å²) in [4.78, 5) is 14.4. The van der Waals surface area contributed by atoms with Gasteiger partial charge in [-0.05, 0) is 44.5 Å². The Morgan fingerprint density at radius 3 is 3.05 bits per heavy atom. The van der Waals surface area contributed by atoms with Crippen molar-refractivity contribution in [3.8, 4) is 0 Å². The van der Waals surface area contributed by atoms with E-state index in [1.54, 1.807) is 6.07 Å². The molecule has 0 spiro atoms. The van der Waals surface area contributed by atoms with Gasteiger partial charge in [0, 0.05) is 13.1 Å². The molecule has 1 unspecified atom stereocenters. The molecule has 1 aliphatic rings. The summed E-state index contributed by atoms with van der Waals surface area (Å²) in [6.45, 7) is 2.69. The van der Waals surface area contributed by atoms with Crippen molar-refractivity contribution >= 4 is 11.6 Å². The van der Waals surface area contributed by atoms with Crippen LogP contribution in [-0.4, -0.2) is 37.5 Å². The molecule has 4 N–H and O–H groups in total. The number of nitrogen functional groups attached to an aromatic ring is 1. The first kappa shape index (κ1) is 14.7. The van der Waals surface area contributed by atoms with Crippen LogP contribution in [0.3, 0.4) is 0 Å². The third kappa shape index (κ3) is 3.46. The van der Waals surface area contributed by atoms with E-state index in [2.05, 4.69) is 22.7 Å². The second-order valence-electron chi connectivity index (χ2n) is 5.29. The highest BCUT2D eigenvalue weighted by molar-refractivity contribution is 5.99. The normalized spacial score (nSPS) is 19.6. The molecule has 0 saturated carbocycles. The molecule has 1 heterocycles. The fourth-order valence-corrected chi connectivity index (χ4v) is 2.63. The summed E-state index contributed by atoms with van der Waals surface area (Å²) >= 11 is 0. The summed E-state index contributed by atoms with van der Waals surface area (Å²) in [5, 5.41) is 2.86. The van der Waals surface area contributed by atoms with Crippen LogP contribution < -0.4 is 16.6 Å². The molecule has 0 radical (unpaired) electrons. The Hall–Kier alpha value is -1.66. The first-order chi connectivity index (χ1) is 9.61. The molecule has 0 aliphatic carbocycles. The van der Waals surface area contributed by atoms with Crippen LogP contribution in [0.4, 0.5) is 10.1 Å². The predicted molar refractivity (Wildman–Crippen MR) is 76.8 cm³/mol. The number of carbonyl (C=O) groups is 1. The Morgan fingerprint density at radius 1 is 1.55 bits per heavy atom. The first-order valence-electron chi connectivity index (χ1n) is 6.83. The number of nitrogens with zero attached hydrogens (tertiary/aromatic N) is 1. The number of likely N-dealkylation sites (tertiary alicyclic amines) is 1. The minimum atomic E-state index is -0.530. The van der Waals surface area contributed by atoms with Crippen molar-refractivity contribution in [1.82, 2.24) is 10.2 Å². The summed E-state index contributed by atoms with van der Waals surface area (Å²) in [5.41, 5.74) is 2.51. The van der Waals surface area contributed by atoms with Crippen molar-refractivity contribution in [2.45, 2.75) is 12.8 Å². The molecule has 1 amide bonds. The van der Waals surface area contributed by atoms with Gasteiger partial charge in [0.05, 0.1) is 11.3 Å². The molecular formula is C14H21FN4O. The van der Waals surface area contributed by atoms with E-state index in [-0.39, 0.29) is 17.2 Å². The number of carbonyl (C=O) groups excluding carboxylic acids is 1. The van der Waals surface area contributed by atoms with Gasteiger partial charge < -0.3 is 15.6 Å². The maximum atomic E-state index is 13.5. The van der Waals surface area contributed by atoms with E-state index in [0.29, 0.717) is 12.5 Å². The highest BCUT2D eigenvalue weighted by atomic mass is 19.1. The SMILES string of the molecule is CN1CCCC(CNC(=O)c2cccc(F)c2NN)C1. The Kier molecular flexibility index (Phi) is 4.92. The maximum Gasteiger partial charge on any atom is 0.253 e. The van der Waals surface area contributed by atoms with Crippen molar-refractivity contribution in [2.75, 3.05) is 32.1 Å². The summed E-state index contributed by atoms with van der Waals surface area (Å²) < 4.78 is 13.5. The van der Waals surface area contributed by atoms with Crippen molar-refractivity contribution in [3.05, 3.63) is 29.6 Å². The summed E-state index contributed by atoms with van der Waals surface area (Å²) in [6.07, 6.45) is 2.25. The Morgan fingerprint density at radius 2 is 2.35 bits per heavy atom. The molecule has 1 atom stereocenters. The number of hydrazine groups is 1. The third-order valence-corrected chi connectivity index (χ3v) is 3.68. The third-order valence-electron chi connectivity index (χ3n) is 3.68. The van der Waals surface area contributed by atoms with Gasteiger partial charge in [0.15, 0.2) is 0 Å². The number of anilines is 1. The van der Waals surface area contributed by atoms with E-state index in [1.165, 1.54) is 12.1 Å². The van der Waals surface area contributed by atoms with E-state index in [9.17, 15) is 9.18 Å². The fraction of sp³-hybridized carbons (Fsp3) is 0.500. The van der Waals surface area contributed by atoms with E-state index in [0.717, 1.165) is 25.9 Å². The maximum absolute atomic E-state index is 13.5. The van der Waals surface area contributed by atoms with E-state index in [4.69, 9.17) is 5.84 Å². The van der Waals surface area contributed by atoms with Crippen LogP contribution in [0.1, 0.15) is 23.2 Å². The molecule has 0 aromatic heterocycles. The zero-order chi connectivity index (χ0) is 14.5. The molecule has 20 heavy (non-hydrogen) atoms. The molecule has 5 nitrogen and oxygen atoms in total. The van der Waals surface area contributed by atoms with Crippen molar-refractivity contribution in [3.63, 3.8) is 0 Å². The standard InChI is InChI=1S/C14H21FN4O/c1-19-7-3-4-10(9-19)8-17-14(20)11-5-2-6-12(15)13(11)18-16/h2,5-6,10,18H,3-4,7-9,16H2,1H3,(H,17,20). The highest BCUT2D eigenvalue weighted by Crippen LogP contribution is 2.19. The predicted octanol–water partition coefficient (Wildman–Crippen LogP) is 1.18. The van der Waals surface area contributed by atoms with E-state index >= 15 is 0 Å². The lowest BCUT2D eigenvalue weighted by Gasteiger charge is -2.29. The van der Waals surface area contributed by atoms with Crippen molar-refractivity contribution in [1.29, 1.82) is 0 Å². The van der Waals surface area contributed by atoms with Crippen LogP contribution in [0.5, 0.6) is 0 Å². The molecule has 2 rings (SSSR count). The van der Waals surface area contributed by atoms with Gasteiger partial charge in [0.25, 0.3) is 5.91 Å². The fourth-order valence-electron chi connectivity index (χ4n) is 2.63. The van der Waals surface area contributed by atoms with Gasteiger partial charge in [-0.1, -0.05) is 6.07 Å². The lowest BCUT2D eigenvalue weighted by Crippen LogP contribution is -2.39. The highest BCUT2D eigenvalue weighted by Gasteiger charge is 2.19. The lowest BCUT2D eigenvalue weighted by atomic mass is 9.98. The van der Waals surface area contributed by atoms with Gasteiger partial charge in [-0.15, -0.1) is 0 Å². The number of halogens is 1. The largest absolute Gasteiger partial charge is 0.352 e. The van der Waals surface area contributed by atoms with Crippen LogP contribution in [0.15, 0.2) is 18.2 Å². The number of piperidine rings is 1. The summed E-state index contributed by atoms with van der Waals surface area (Å²) in [6, 6.07) is 4.32. The lowest BCUT2D eigenvalue weighted by molar-refractivity contribution is 0.0937. The summed E-state index contributed by atoms with van der Waals surface area (Å²) in [7, 11) is 2.08. The van der Waals surface area contributed by atoms with E-state index in [1.807, 2.05) is 0 Å². The monoisotopic (exact) mass is 280 g/mol. The van der Waals surface area contributed by atoms with Gasteiger partial charge in [-0.2, -0.15) is 0 Å². The van der Waals surface area contributed by atoms with Crippen LogP contribution in [-0.2, 0) is 0 Å². The zero-order valence-electron chi connectivity index (χ0n) is 11.7. The van der Waals surface area contributed by atoms with Crippen LogP contribution in [0.25, 0.3) is 0 Å². The van der Waals surface area contributed by atoms with Crippen LogP contribution >= 0.6 is 0 Å². The first-order valence-corrected chi connectivity index (χ1v) is 6.83. The molecule has 110 valence electrons. The average molecular weight is 280 g/mol. The molecule has 0 bridgehead atoms. The number of hydrogen-bond donors (Lipinski definition) is 3. The molecular weight excluding hydrogens is 259 g/mol. The molecule has 1 saturated heterocycles. The van der Waals surface area contributed by atoms with Crippen LogP contribution in [0.2, 0.25) is 0 Å². The number of nitrogens with one attached hydrogen (secondary N) is 2. The number of amides is 1. The minimum absolute atomic E-state index is 0.0331. The molecule has 1 aromatic carbocycles. The van der Waals surface area contributed by atoms with Gasteiger partial charge >= 0.3 is 0 Å². The van der Waals surface area contributed by atoms with Gasteiger partial charge in [0.1, 0.15) is 5.82 Å². The molecule has 1 fully saturated rings. The second-order valence-corrected chi connectivity index (χ2v) is 5.29. The smallest absolute Gasteiger partial charge is 0.253 e.